The Hall–Kier alpha value is -0.380. The molecule has 0 heterocycles. The predicted molar refractivity (Wildman–Crippen MR) is 133 cm³/mol. The zero-order chi connectivity index (χ0) is 24.2. The fourth-order valence-corrected chi connectivity index (χ4v) is 11.6. The zero-order valence-electron chi connectivity index (χ0n) is 22.2. The molecule has 5 aliphatic rings. The van der Waals surface area contributed by atoms with Crippen LogP contribution in [0.5, 0.6) is 0 Å². The molecular weight excluding hydrogens is 408 g/mol. The van der Waals surface area contributed by atoms with Crippen molar-refractivity contribution in [2.24, 2.45) is 56.7 Å². The SMILES string of the molecule is C=C(C)[C@@H]1CC[C@]2(CO)CC[C@]3(C)[C@H](C[C@@H](O)[C@@H]4[C@@]5(C)CC[C@@H](O)C(C)(C)[C@@H]5CC[C@]43C)[C@@H]12. The summed E-state index contributed by atoms with van der Waals surface area (Å²) in [7, 11) is 0. The van der Waals surface area contributed by atoms with Crippen molar-refractivity contribution in [3.63, 3.8) is 0 Å². The van der Waals surface area contributed by atoms with Gasteiger partial charge in [0.05, 0.1) is 12.2 Å². The minimum absolute atomic E-state index is 0.0226. The minimum atomic E-state index is -0.298. The molecule has 3 heteroatoms. The van der Waals surface area contributed by atoms with Gasteiger partial charge in [-0.25, -0.2) is 0 Å². The van der Waals surface area contributed by atoms with E-state index in [4.69, 9.17) is 0 Å². The van der Waals surface area contributed by atoms with E-state index in [9.17, 15) is 15.3 Å². The Bertz CT molecular complexity index is 819. The Balaban J connectivity index is 1.59. The van der Waals surface area contributed by atoms with Gasteiger partial charge in [-0.05, 0) is 121 Å². The molecular formula is C30H50O3. The number of fused-ring (bicyclic) bond motifs is 7. The molecule has 3 nitrogen and oxygen atoms in total. The molecule has 11 atom stereocenters. The molecule has 0 saturated heterocycles. The van der Waals surface area contributed by atoms with Gasteiger partial charge in [0.25, 0.3) is 0 Å². The van der Waals surface area contributed by atoms with Crippen molar-refractivity contribution in [1.29, 1.82) is 0 Å². The zero-order valence-corrected chi connectivity index (χ0v) is 22.2. The van der Waals surface area contributed by atoms with E-state index >= 15 is 0 Å². The summed E-state index contributed by atoms with van der Waals surface area (Å²) in [5.41, 5.74) is 1.53. The number of aliphatic hydroxyl groups is 3. The average molecular weight is 459 g/mol. The fourth-order valence-electron chi connectivity index (χ4n) is 11.6. The first-order valence-electron chi connectivity index (χ1n) is 13.9. The Morgan fingerprint density at radius 2 is 1.58 bits per heavy atom. The Morgan fingerprint density at radius 3 is 2.21 bits per heavy atom. The van der Waals surface area contributed by atoms with Gasteiger partial charge in [-0.2, -0.15) is 0 Å². The molecule has 33 heavy (non-hydrogen) atoms. The summed E-state index contributed by atoms with van der Waals surface area (Å²) in [5, 5.41) is 33.6. The van der Waals surface area contributed by atoms with Crippen molar-refractivity contribution in [3.05, 3.63) is 12.2 Å². The molecule has 5 aliphatic carbocycles. The van der Waals surface area contributed by atoms with E-state index in [1.807, 2.05) is 0 Å². The normalized spacial score (nSPS) is 57.4. The maximum atomic E-state index is 12.0. The van der Waals surface area contributed by atoms with Crippen LogP contribution in [0.15, 0.2) is 12.2 Å². The van der Waals surface area contributed by atoms with Gasteiger partial charge in [-0.15, -0.1) is 0 Å². The van der Waals surface area contributed by atoms with Crippen molar-refractivity contribution < 1.29 is 15.3 Å². The van der Waals surface area contributed by atoms with Crippen LogP contribution in [0.3, 0.4) is 0 Å². The van der Waals surface area contributed by atoms with E-state index in [0.29, 0.717) is 23.7 Å². The van der Waals surface area contributed by atoms with Crippen LogP contribution in [0, 0.1) is 56.7 Å². The van der Waals surface area contributed by atoms with Crippen molar-refractivity contribution in [2.75, 3.05) is 6.61 Å². The van der Waals surface area contributed by atoms with E-state index in [0.717, 1.165) is 51.4 Å². The van der Waals surface area contributed by atoms with E-state index in [1.165, 1.54) is 12.0 Å². The highest BCUT2D eigenvalue weighted by molar-refractivity contribution is 5.22. The number of hydrogen-bond acceptors (Lipinski definition) is 3. The van der Waals surface area contributed by atoms with Crippen LogP contribution >= 0.6 is 0 Å². The summed E-state index contributed by atoms with van der Waals surface area (Å²) in [5.74, 6) is 2.10. The van der Waals surface area contributed by atoms with E-state index in [-0.39, 0.29) is 51.8 Å². The van der Waals surface area contributed by atoms with Gasteiger partial charge < -0.3 is 15.3 Å². The lowest BCUT2D eigenvalue weighted by Gasteiger charge is -2.73. The molecule has 5 saturated carbocycles. The average Bonchev–Trinajstić information content (AvgIpc) is 3.13. The Kier molecular flexibility index (Phi) is 5.40. The molecule has 0 radical (unpaired) electrons. The molecule has 0 aromatic rings. The lowest BCUT2D eigenvalue weighted by atomic mass is 9.31. The lowest BCUT2D eigenvalue weighted by molar-refractivity contribution is -0.278. The van der Waals surface area contributed by atoms with Crippen LogP contribution in [-0.2, 0) is 0 Å². The van der Waals surface area contributed by atoms with Gasteiger partial charge in [0.2, 0.25) is 0 Å². The summed E-state index contributed by atoms with van der Waals surface area (Å²) in [6.07, 6.45) is 9.07. The molecule has 5 fully saturated rings. The molecule has 0 spiro atoms. The van der Waals surface area contributed by atoms with Crippen LogP contribution in [0.1, 0.15) is 99.3 Å². The number of allylic oxidation sites excluding steroid dienone is 1. The van der Waals surface area contributed by atoms with E-state index in [2.05, 4.69) is 48.1 Å². The van der Waals surface area contributed by atoms with Crippen molar-refractivity contribution in [1.82, 2.24) is 0 Å². The molecule has 5 rings (SSSR count). The maximum absolute atomic E-state index is 12.0. The first kappa shape index (κ1) is 24.3. The molecule has 0 bridgehead atoms. The second kappa shape index (κ2) is 7.32. The Morgan fingerprint density at radius 1 is 0.879 bits per heavy atom. The maximum Gasteiger partial charge on any atom is 0.0594 e. The molecule has 0 amide bonds. The summed E-state index contributed by atoms with van der Waals surface area (Å²) in [6.45, 7) is 19.0. The second-order valence-electron chi connectivity index (χ2n) is 14.7. The predicted octanol–water partition coefficient (Wildman–Crippen LogP) is 5.97. The molecule has 0 aromatic heterocycles. The van der Waals surface area contributed by atoms with Gasteiger partial charge in [0.1, 0.15) is 0 Å². The smallest absolute Gasteiger partial charge is 0.0594 e. The van der Waals surface area contributed by atoms with Crippen LogP contribution in [-0.4, -0.2) is 34.1 Å². The third-order valence-electron chi connectivity index (χ3n) is 13.5. The summed E-state index contributed by atoms with van der Waals surface area (Å²) in [6, 6.07) is 0. The molecule has 3 N–H and O–H groups in total. The lowest BCUT2D eigenvalue weighted by Crippen LogP contribution is -2.70. The van der Waals surface area contributed by atoms with Crippen LogP contribution in [0.2, 0.25) is 0 Å². The number of aliphatic hydroxyl groups excluding tert-OH is 3. The van der Waals surface area contributed by atoms with Gasteiger partial charge in [-0.3, -0.25) is 0 Å². The van der Waals surface area contributed by atoms with E-state index in [1.54, 1.807) is 0 Å². The molecule has 0 aliphatic heterocycles. The fraction of sp³-hybridized carbons (Fsp3) is 0.933. The summed E-state index contributed by atoms with van der Waals surface area (Å²) < 4.78 is 0. The van der Waals surface area contributed by atoms with Gasteiger partial charge in [0, 0.05) is 6.61 Å². The first-order valence-corrected chi connectivity index (χ1v) is 13.9. The van der Waals surface area contributed by atoms with Crippen LogP contribution < -0.4 is 0 Å². The van der Waals surface area contributed by atoms with Gasteiger partial charge in [-0.1, -0.05) is 46.8 Å². The highest BCUT2D eigenvalue weighted by atomic mass is 16.3. The van der Waals surface area contributed by atoms with Crippen molar-refractivity contribution >= 4 is 0 Å². The first-order chi connectivity index (χ1) is 15.3. The van der Waals surface area contributed by atoms with Gasteiger partial charge in [0.15, 0.2) is 0 Å². The monoisotopic (exact) mass is 458 g/mol. The second-order valence-corrected chi connectivity index (χ2v) is 14.7. The largest absolute Gasteiger partial charge is 0.396 e. The van der Waals surface area contributed by atoms with Crippen molar-refractivity contribution in [2.45, 2.75) is 112 Å². The third-order valence-corrected chi connectivity index (χ3v) is 13.5. The van der Waals surface area contributed by atoms with Gasteiger partial charge >= 0.3 is 0 Å². The quantitative estimate of drug-likeness (QED) is 0.447. The summed E-state index contributed by atoms with van der Waals surface area (Å²) >= 11 is 0. The van der Waals surface area contributed by atoms with Crippen LogP contribution in [0.25, 0.3) is 0 Å². The van der Waals surface area contributed by atoms with E-state index < -0.39 is 0 Å². The molecule has 188 valence electrons. The summed E-state index contributed by atoms with van der Waals surface area (Å²) in [4.78, 5) is 0. The topological polar surface area (TPSA) is 60.7 Å². The Labute approximate surface area is 202 Å². The van der Waals surface area contributed by atoms with Crippen LogP contribution in [0.4, 0.5) is 0 Å². The third kappa shape index (κ3) is 2.85. The number of rotatable bonds is 2. The van der Waals surface area contributed by atoms with Crippen molar-refractivity contribution in [3.8, 4) is 0 Å². The highest BCUT2D eigenvalue weighted by Gasteiger charge is 2.72. The minimum Gasteiger partial charge on any atom is -0.396 e. The number of hydrogen-bond donors (Lipinski definition) is 3. The molecule has 0 unspecified atom stereocenters. The standard InChI is InChI=1S/C30H50O3/c1-18(2)19-8-13-30(17-31)15-14-28(6)20(24(19)30)16-21(32)25-27(5)11-10-23(33)26(3,4)22(27)9-12-29(25,28)7/h19-25,31-33H,1,8-17H2,2-7H3/t19-,20+,21+,22-,23+,24+,25+,27-,28+,29+,30+/m0/s1. The highest BCUT2D eigenvalue weighted by Crippen LogP contribution is 2.77. The molecule has 0 aromatic carbocycles.